The van der Waals surface area contributed by atoms with Crippen molar-refractivity contribution in [1.82, 2.24) is 4.90 Å². The number of fused-ring (bicyclic) bond motifs is 1. The van der Waals surface area contributed by atoms with Crippen molar-refractivity contribution in [1.29, 1.82) is 0 Å². The number of hydrogen-bond acceptors (Lipinski definition) is 4. The fourth-order valence-electron chi connectivity index (χ4n) is 3.22. The number of benzene rings is 3. The number of rotatable bonds is 5. The van der Waals surface area contributed by atoms with E-state index in [2.05, 4.69) is 16.0 Å². The summed E-state index contributed by atoms with van der Waals surface area (Å²) in [5.41, 5.74) is 2.10. The molecule has 1 aliphatic rings. The lowest BCUT2D eigenvalue weighted by molar-refractivity contribution is -0.116. The van der Waals surface area contributed by atoms with E-state index in [9.17, 15) is 19.2 Å². The smallest absolute Gasteiger partial charge is 0.323 e. The van der Waals surface area contributed by atoms with Crippen molar-refractivity contribution in [2.45, 2.75) is 0 Å². The summed E-state index contributed by atoms with van der Waals surface area (Å²) < 4.78 is 0. The lowest BCUT2D eigenvalue weighted by Crippen LogP contribution is -2.37. The summed E-state index contributed by atoms with van der Waals surface area (Å²) in [6.45, 7) is -0.404. The van der Waals surface area contributed by atoms with Gasteiger partial charge < -0.3 is 16.0 Å². The Labute approximate surface area is 177 Å². The number of amides is 5. The van der Waals surface area contributed by atoms with Crippen LogP contribution in [0, 0.1) is 0 Å². The Bertz CT molecular complexity index is 1140. The van der Waals surface area contributed by atoms with Crippen molar-refractivity contribution in [3.05, 3.63) is 90.0 Å². The third-order valence-corrected chi connectivity index (χ3v) is 4.62. The van der Waals surface area contributed by atoms with Crippen LogP contribution in [0.5, 0.6) is 0 Å². The van der Waals surface area contributed by atoms with Crippen molar-refractivity contribution in [3.63, 3.8) is 0 Å². The lowest BCUT2D eigenvalue weighted by atomic mass is 10.1. The third-order valence-electron chi connectivity index (χ3n) is 4.62. The highest BCUT2D eigenvalue weighted by Gasteiger charge is 2.36. The van der Waals surface area contributed by atoms with Crippen molar-refractivity contribution in [2.24, 2.45) is 0 Å². The zero-order valence-corrected chi connectivity index (χ0v) is 16.3. The molecule has 0 aromatic heterocycles. The average molecular weight is 414 g/mol. The summed E-state index contributed by atoms with van der Waals surface area (Å²) in [6, 6.07) is 21.5. The molecule has 3 N–H and O–H groups in total. The molecule has 1 aliphatic heterocycles. The second kappa shape index (κ2) is 8.50. The number of anilines is 3. The van der Waals surface area contributed by atoms with E-state index in [1.54, 1.807) is 72.8 Å². The Morgan fingerprint density at radius 3 is 1.81 bits per heavy atom. The fraction of sp³-hybridized carbons (Fsp3) is 0.0435. The molecule has 0 unspecified atom stereocenters. The van der Waals surface area contributed by atoms with Crippen LogP contribution in [0.25, 0.3) is 0 Å². The monoisotopic (exact) mass is 414 g/mol. The molecule has 0 aliphatic carbocycles. The predicted octanol–water partition coefficient (Wildman–Crippen LogP) is 3.57. The molecule has 4 rings (SSSR count). The zero-order chi connectivity index (χ0) is 21.8. The summed E-state index contributed by atoms with van der Waals surface area (Å²) in [5, 5.41) is 8.02. The minimum absolute atomic E-state index is 0.288. The van der Waals surface area contributed by atoms with Crippen LogP contribution in [0.2, 0.25) is 0 Å². The topological polar surface area (TPSA) is 108 Å². The molecule has 3 aromatic rings. The van der Waals surface area contributed by atoms with Crippen LogP contribution < -0.4 is 16.0 Å². The molecule has 0 fully saturated rings. The molecule has 1 heterocycles. The number of nitrogens with zero attached hydrogens (tertiary/aromatic N) is 1. The summed E-state index contributed by atoms with van der Waals surface area (Å²) in [4.78, 5) is 50.3. The maximum absolute atomic E-state index is 12.4. The van der Waals surface area contributed by atoms with Crippen molar-refractivity contribution < 1.29 is 19.2 Å². The number of nitrogens with one attached hydrogen (secondary N) is 3. The molecule has 3 aromatic carbocycles. The Morgan fingerprint density at radius 2 is 1.16 bits per heavy atom. The van der Waals surface area contributed by atoms with E-state index in [1.165, 1.54) is 0 Å². The van der Waals surface area contributed by atoms with Crippen molar-refractivity contribution in [3.8, 4) is 0 Å². The zero-order valence-electron chi connectivity index (χ0n) is 16.3. The highest BCUT2D eigenvalue weighted by atomic mass is 16.2. The van der Waals surface area contributed by atoms with E-state index in [-0.39, 0.29) is 11.1 Å². The number of hydrogen-bond donors (Lipinski definition) is 3. The Hall–Kier alpha value is -4.46. The summed E-state index contributed by atoms with van der Waals surface area (Å²) in [6.07, 6.45) is 0. The highest BCUT2D eigenvalue weighted by Crippen LogP contribution is 2.22. The van der Waals surface area contributed by atoms with Crippen LogP contribution in [-0.2, 0) is 4.79 Å². The van der Waals surface area contributed by atoms with Crippen LogP contribution in [0.4, 0.5) is 21.9 Å². The van der Waals surface area contributed by atoms with Gasteiger partial charge in [-0.1, -0.05) is 36.4 Å². The number of para-hydroxylation sites is 1. The predicted molar refractivity (Wildman–Crippen MR) is 116 cm³/mol. The molecule has 0 spiro atoms. The minimum Gasteiger partial charge on any atom is -0.324 e. The van der Waals surface area contributed by atoms with Crippen molar-refractivity contribution in [2.75, 3.05) is 22.5 Å². The largest absolute Gasteiger partial charge is 0.324 e. The van der Waals surface area contributed by atoms with Crippen LogP contribution in [0.15, 0.2) is 78.9 Å². The molecule has 0 saturated carbocycles. The molecule has 5 amide bonds. The normalized spacial score (nSPS) is 12.3. The van der Waals surface area contributed by atoms with Gasteiger partial charge >= 0.3 is 6.03 Å². The molecule has 154 valence electrons. The van der Waals surface area contributed by atoms with Gasteiger partial charge in [0.1, 0.15) is 6.54 Å². The molecule has 8 heteroatoms. The highest BCUT2D eigenvalue weighted by molar-refractivity contribution is 6.22. The van der Waals surface area contributed by atoms with E-state index in [0.29, 0.717) is 17.1 Å². The van der Waals surface area contributed by atoms with Gasteiger partial charge in [0.15, 0.2) is 0 Å². The third kappa shape index (κ3) is 4.43. The standard InChI is InChI=1S/C23H18N4O4/c28-20(14-27-21(29)18-11-4-5-12-19(18)22(27)30)24-16-9-6-10-17(13-16)26-23(31)25-15-7-2-1-3-8-15/h1-13H,14H2,(H,24,28)(H2,25,26,31). The van der Waals surface area contributed by atoms with Gasteiger partial charge in [0.2, 0.25) is 5.91 Å². The fourth-order valence-corrected chi connectivity index (χ4v) is 3.22. The molecular formula is C23H18N4O4. The summed E-state index contributed by atoms with van der Waals surface area (Å²) in [5.74, 6) is -1.52. The van der Waals surface area contributed by atoms with Gasteiger partial charge in [-0.15, -0.1) is 0 Å². The molecule has 0 atom stereocenters. The Kier molecular flexibility index (Phi) is 5.44. The number of imide groups is 1. The SMILES string of the molecule is O=C(CN1C(=O)c2ccccc2C1=O)Nc1cccc(NC(=O)Nc2ccccc2)c1. The average Bonchev–Trinajstić information content (AvgIpc) is 3.00. The number of carbonyl (C=O) groups excluding carboxylic acids is 4. The molecule has 0 radical (unpaired) electrons. The van der Waals surface area contributed by atoms with E-state index in [0.717, 1.165) is 4.90 Å². The Balaban J connectivity index is 1.37. The first-order valence-corrected chi connectivity index (χ1v) is 9.49. The second-order valence-corrected chi connectivity index (χ2v) is 6.82. The lowest BCUT2D eigenvalue weighted by Gasteiger charge is -2.14. The quantitative estimate of drug-likeness (QED) is 0.555. The van der Waals surface area contributed by atoms with E-state index < -0.39 is 30.3 Å². The molecule has 31 heavy (non-hydrogen) atoms. The van der Waals surface area contributed by atoms with Gasteiger partial charge in [-0.05, 0) is 42.5 Å². The van der Waals surface area contributed by atoms with Crippen LogP contribution in [0.3, 0.4) is 0 Å². The number of urea groups is 1. The first-order valence-electron chi connectivity index (χ1n) is 9.49. The Morgan fingerprint density at radius 1 is 0.645 bits per heavy atom. The number of carbonyl (C=O) groups is 4. The molecular weight excluding hydrogens is 396 g/mol. The van der Waals surface area contributed by atoms with Crippen LogP contribution >= 0.6 is 0 Å². The second-order valence-electron chi connectivity index (χ2n) is 6.82. The van der Waals surface area contributed by atoms with Crippen LogP contribution in [0.1, 0.15) is 20.7 Å². The first kappa shape index (κ1) is 19.8. The summed E-state index contributed by atoms with van der Waals surface area (Å²) >= 11 is 0. The van der Waals surface area contributed by atoms with Gasteiger partial charge in [-0.25, -0.2) is 4.79 Å². The van der Waals surface area contributed by atoms with E-state index in [1.807, 2.05) is 6.07 Å². The molecule has 0 bridgehead atoms. The van der Waals surface area contributed by atoms with Crippen molar-refractivity contribution >= 4 is 40.8 Å². The van der Waals surface area contributed by atoms with E-state index in [4.69, 9.17) is 0 Å². The van der Waals surface area contributed by atoms with Gasteiger partial charge in [0.25, 0.3) is 11.8 Å². The van der Waals surface area contributed by atoms with Gasteiger partial charge in [-0.3, -0.25) is 19.3 Å². The van der Waals surface area contributed by atoms with Gasteiger partial charge in [0.05, 0.1) is 11.1 Å². The van der Waals surface area contributed by atoms with Gasteiger partial charge in [-0.2, -0.15) is 0 Å². The minimum atomic E-state index is -0.527. The van der Waals surface area contributed by atoms with Crippen LogP contribution in [-0.4, -0.2) is 35.2 Å². The summed E-state index contributed by atoms with van der Waals surface area (Å²) in [7, 11) is 0. The molecule has 8 nitrogen and oxygen atoms in total. The maximum atomic E-state index is 12.4. The van der Waals surface area contributed by atoms with E-state index >= 15 is 0 Å². The molecule has 0 saturated heterocycles. The van der Waals surface area contributed by atoms with Gasteiger partial charge in [0, 0.05) is 17.1 Å². The maximum Gasteiger partial charge on any atom is 0.323 e. The first-order chi connectivity index (χ1) is 15.0.